The Hall–Kier alpha value is -2.89. The standard InChI is InChI=1S/C22H26FN3O2/c1-22(20(27)24-14-18-8-10-19(23)11-9-18)12-5-13-26(16-22)21(28)25-15-17-6-3-2-4-7-17/h2-4,6-11H,5,12-16H2,1H3,(H,24,27)(H,25,28)/t22-/m1/s1. The van der Waals surface area contributed by atoms with Crippen molar-refractivity contribution in [1.82, 2.24) is 15.5 Å². The first-order valence-electron chi connectivity index (χ1n) is 9.56. The van der Waals surface area contributed by atoms with Gasteiger partial charge >= 0.3 is 6.03 Å². The van der Waals surface area contributed by atoms with Gasteiger partial charge in [-0.3, -0.25) is 4.79 Å². The van der Waals surface area contributed by atoms with Gasteiger partial charge in [-0.25, -0.2) is 9.18 Å². The predicted octanol–water partition coefficient (Wildman–Crippen LogP) is 3.45. The fourth-order valence-corrected chi connectivity index (χ4v) is 3.48. The molecule has 28 heavy (non-hydrogen) atoms. The molecule has 5 nitrogen and oxygen atoms in total. The minimum Gasteiger partial charge on any atom is -0.351 e. The highest BCUT2D eigenvalue weighted by molar-refractivity contribution is 5.84. The predicted molar refractivity (Wildman–Crippen MR) is 106 cm³/mol. The van der Waals surface area contributed by atoms with E-state index >= 15 is 0 Å². The number of rotatable bonds is 5. The third-order valence-corrected chi connectivity index (χ3v) is 5.18. The first-order valence-corrected chi connectivity index (χ1v) is 9.56. The van der Waals surface area contributed by atoms with E-state index in [0.29, 0.717) is 26.2 Å². The number of likely N-dealkylation sites (tertiary alicyclic amines) is 1. The Morgan fingerprint density at radius 2 is 1.64 bits per heavy atom. The summed E-state index contributed by atoms with van der Waals surface area (Å²) in [5, 5.41) is 5.85. The molecule has 0 aromatic heterocycles. The van der Waals surface area contributed by atoms with Gasteiger partial charge in [0.2, 0.25) is 5.91 Å². The van der Waals surface area contributed by atoms with E-state index < -0.39 is 5.41 Å². The summed E-state index contributed by atoms with van der Waals surface area (Å²) in [6, 6.07) is 15.6. The van der Waals surface area contributed by atoms with Gasteiger partial charge < -0.3 is 15.5 Å². The van der Waals surface area contributed by atoms with Crippen molar-refractivity contribution in [3.05, 3.63) is 71.5 Å². The minimum atomic E-state index is -0.637. The van der Waals surface area contributed by atoms with Gasteiger partial charge in [-0.05, 0) is 43.0 Å². The maximum Gasteiger partial charge on any atom is 0.317 e. The van der Waals surface area contributed by atoms with Crippen molar-refractivity contribution in [2.24, 2.45) is 5.41 Å². The SMILES string of the molecule is C[C@@]1(C(=O)NCc2ccc(F)cc2)CCCN(C(=O)NCc2ccccc2)C1. The van der Waals surface area contributed by atoms with Gasteiger partial charge in [0.25, 0.3) is 0 Å². The fraction of sp³-hybridized carbons (Fsp3) is 0.364. The Morgan fingerprint density at radius 1 is 1.00 bits per heavy atom. The number of amides is 3. The largest absolute Gasteiger partial charge is 0.351 e. The van der Waals surface area contributed by atoms with Gasteiger partial charge in [0.15, 0.2) is 0 Å². The first-order chi connectivity index (χ1) is 13.5. The lowest BCUT2D eigenvalue weighted by Crippen LogP contribution is -2.53. The molecule has 0 aliphatic carbocycles. The lowest BCUT2D eigenvalue weighted by Gasteiger charge is -2.39. The Kier molecular flexibility index (Phi) is 6.29. The van der Waals surface area contributed by atoms with Crippen LogP contribution in [-0.4, -0.2) is 29.9 Å². The van der Waals surface area contributed by atoms with Crippen molar-refractivity contribution in [1.29, 1.82) is 0 Å². The van der Waals surface area contributed by atoms with Crippen LogP contribution in [0.5, 0.6) is 0 Å². The average molecular weight is 383 g/mol. The molecular formula is C22H26FN3O2. The molecule has 2 aromatic carbocycles. The highest BCUT2D eigenvalue weighted by atomic mass is 19.1. The van der Waals surface area contributed by atoms with Crippen molar-refractivity contribution in [2.45, 2.75) is 32.9 Å². The average Bonchev–Trinajstić information content (AvgIpc) is 2.72. The molecule has 1 fully saturated rings. The molecule has 3 rings (SSSR count). The van der Waals surface area contributed by atoms with E-state index in [1.54, 1.807) is 17.0 Å². The van der Waals surface area contributed by atoms with Gasteiger partial charge in [-0.2, -0.15) is 0 Å². The molecule has 0 unspecified atom stereocenters. The van der Waals surface area contributed by atoms with Gasteiger partial charge in [-0.15, -0.1) is 0 Å². The number of benzene rings is 2. The van der Waals surface area contributed by atoms with E-state index in [-0.39, 0.29) is 17.8 Å². The summed E-state index contributed by atoms with van der Waals surface area (Å²) in [7, 11) is 0. The summed E-state index contributed by atoms with van der Waals surface area (Å²) in [6.45, 7) is 3.71. The normalized spacial score (nSPS) is 19.1. The van der Waals surface area contributed by atoms with Crippen molar-refractivity contribution in [2.75, 3.05) is 13.1 Å². The summed E-state index contributed by atoms with van der Waals surface area (Å²) >= 11 is 0. The molecule has 2 N–H and O–H groups in total. The van der Waals surface area contributed by atoms with E-state index in [1.807, 2.05) is 37.3 Å². The van der Waals surface area contributed by atoms with Gasteiger partial charge in [0.05, 0.1) is 5.41 Å². The molecule has 148 valence electrons. The Labute approximate surface area is 164 Å². The molecule has 1 saturated heterocycles. The van der Waals surface area contributed by atoms with Crippen LogP contribution in [0.15, 0.2) is 54.6 Å². The lowest BCUT2D eigenvalue weighted by molar-refractivity contribution is -0.132. The zero-order valence-electron chi connectivity index (χ0n) is 16.1. The van der Waals surface area contributed by atoms with Crippen LogP contribution in [0, 0.1) is 11.2 Å². The third kappa shape index (κ3) is 5.09. The topological polar surface area (TPSA) is 61.4 Å². The maximum atomic E-state index is 13.0. The van der Waals surface area contributed by atoms with Crippen LogP contribution >= 0.6 is 0 Å². The lowest BCUT2D eigenvalue weighted by atomic mass is 9.81. The fourth-order valence-electron chi connectivity index (χ4n) is 3.48. The molecular weight excluding hydrogens is 357 g/mol. The number of urea groups is 1. The molecule has 0 saturated carbocycles. The van der Waals surface area contributed by atoms with Crippen LogP contribution in [-0.2, 0) is 17.9 Å². The van der Waals surface area contributed by atoms with Crippen molar-refractivity contribution < 1.29 is 14.0 Å². The summed E-state index contributed by atoms with van der Waals surface area (Å²) in [6.07, 6.45) is 1.50. The zero-order chi connectivity index (χ0) is 20.0. The van der Waals surface area contributed by atoms with Crippen LogP contribution < -0.4 is 10.6 Å². The molecule has 0 spiro atoms. The maximum absolute atomic E-state index is 13.0. The molecule has 1 aliphatic rings. The van der Waals surface area contributed by atoms with E-state index in [4.69, 9.17) is 0 Å². The van der Waals surface area contributed by atoms with E-state index in [2.05, 4.69) is 10.6 Å². The second kappa shape index (κ2) is 8.87. The van der Waals surface area contributed by atoms with Crippen LogP contribution in [0.25, 0.3) is 0 Å². The smallest absolute Gasteiger partial charge is 0.317 e. The monoisotopic (exact) mass is 383 g/mol. The Balaban J connectivity index is 1.53. The summed E-state index contributed by atoms with van der Waals surface area (Å²) < 4.78 is 13.0. The minimum absolute atomic E-state index is 0.0858. The number of nitrogens with zero attached hydrogens (tertiary/aromatic N) is 1. The number of nitrogens with one attached hydrogen (secondary N) is 2. The quantitative estimate of drug-likeness (QED) is 0.831. The number of carbonyl (C=O) groups excluding carboxylic acids is 2. The van der Waals surface area contributed by atoms with E-state index in [1.165, 1.54) is 12.1 Å². The first kappa shape index (κ1) is 19.9. The molecule has 0 bridgehead atoms. The molecule has 2 aromatic rings. The van der Waals surface area contributed by atoms with Crippen LogP contribution in [0.3, 0.4) is 0 Å². The van der Waals surface area contributed by atoms with Gasteiger partial charge in [0.1, 0.15) is 5.82 Å². The van der Waals surface area contributed by atoms with Crippen molar-refractivity contribution >= 4 is 11.9 Å². The highest BCUT2D eigenvalue weighted by Gasteiger charge is 2.39. The molecule has 6 heteroatoms. The van der Waals surface area contributed by atoms with Gasteiger partial charge in [0, 0.05) is 26.2 Å². The van der Waals surface area contributed by atoms with Gasteiger partial charge in [-0.1, -0.05) is 42.5 Å². The van der Waals surface area contributed by atoms with Crippen LogP contribution in [0.4, 0.5) is 9.18 Å². The second-order valence-corrected chi connectivity index (χ2v) is 7.54. The number of piperidine rings is 1. The zero-order valence-corrected chi connectivity index (χ0v) is 16.1. The second-order valence-electron chi connectivity index (χ2n) is 7.54. The number of hydrogen-bond acceptors (Lipinski definition) is 2. The molecule has 3 amide bonds. The third-order valence-electron chi connectivity index (χ3n) is 5.18. The molecule has 0 radical (unpaired) electrons. The van der Waals surface area contributed by atoms with E-state index in [9.17, 15) is 14.0 Å². The summed E-state index contributed by atoms with van der Waals surface area (Å²) in [4.78, 5) is 27.0. The number of halogens is 1. The number of hydrogen-bond donors (Lipinski definition) is 2. The molecule has 1 atom stereocenters. The van der Waals surface area contributed by atoms with Crippen LogP contribution in [0.1, 0.15) is 30.9 Å². The van der Waals surface area contributed by atoms with E-state index in [0.717, 1.165) is 24.0 Å². The Bertz CT molecular complexity index is 810. The van der Waals surface area contributed by atoms with Crippen molar-refractivity contribution in [3.8, 4) is 0 Å². The number of carbonyl (C=O) groups is 2. The van der Waals surface area contributed by atoms with Crippen molar-refractivity contribution in [3.63, 3.8) is 0 Å². The molecule has 1 heterocycles. The summed E-state index contributed by atoms with van der Waals surface area (Å²) in [5.74, 6) is -0.385. The molecule has 1 aliphatic heterocycles. The summed E-state index contributed by atoms with van der Waals surface area (Å²) in [5.41, 5.74) is 1.24. The Morgan fingerprint density at radius 3 is 2.36 bits per heavy atom. The van der Waals surface area contributed by atoms with Crippen LogP contribution in [0.2, 0.25) is 0 Å². The highest BCUT2D eigenvalue weighted by Crippen LogP contribution is 2.30.